The van der Waals surface area contributed by atoms with Gasteiger partial charge in [0.05, 0.1) is 0 Å². The van der Waals surface area contributed by atoms with Gasteiger partial charge >= 0.3 is 70.8 Å². The summed E-state index contributed by atoms with van der Waals surface area (Å²) in [5, 5.41) is 2.62. The molecule has 0 bridgehead atoms. The molecule has 20 heavy (non-hydrogen) atoms. The molecular weight excluding hydrogens is 359 g/mol. The monoisotopic (exact) mass is 383 g/mol. The second-order valence-electron chi connectivity index (χ2n) is 3.90. The van der Waals surface area contributed by atoms with Crippen molar-refractivity contribution in [1.82, 2.24) is 0 Å². The first-order valence-corrected chi connectivity index (χ1v) is 10.5. The molecule has 3 nitrogen and oxygen atoms in total. The Morgan fingerprint density at radius 1 is 0.650 bits per heavy atom. The molecule has 0 heterocycles. The number of fused-ring (bicyclic) bond motifs is 1. The van der Waals surface area contributed by atoms with Crippen LogP contribution in [0.25, 0.3) is 10.8 Å². The summed E-state index contributed by atoms with van der Waals surface area (Å²) in [6.07, 6.45) is 0. The number of hydrogen-bond donors (Lipinski definition) is 0. The third kappa shape index (κ3) is 6.70. The van der Waals surface area contributed by atoms with Crippen molar-refractivity contribution in [2.45, 2.75) is 20.8 Å². The maximum absolute atomic E-state index is 5.28. The van der Waals surface area contributed by atoms with E-state index in [1.165, 1.54) is 10.8 Å². The normalized spacial score (nSPS) is 10.4. The fourth-order valence-electron chi connectivity index (χ4n) is 1.61. The van der Waals surface area contributed by atoms with E-state index in [-0.39, 0.29) is 0 Å². The second kappa shape index (κ2) is 11.1. The van der Waals surface area contributed by atoms with Crippen molar-refractivity contribution >= 4 is 31.8 Å². The van der Waals surface area contributed by atoms with Gasteiger partial charge in [-0.1, -0.05) is 48.5 Å². The third-order valence-corrected chi connectivity index (χ3v) is 6.94. The van der Waals surface area contributed by atoms with E-state index in [2.05, 4.69) is 48.5 Å². The maximum Gasteiger partial charge on any atom is -0.0184 e. The first-order chi connectivity index (χ1) is 9.81. The molecule has 2 aromatic rings. The molecule has 0 unspecified atom stereocenters. The Kier molecular flexibility index (Phi) is 9.66. The quantitative estimate of drug-likeness (QED) is 0.709. The van der Waals surface area contributed by atoms with Crippen LogP contribution in [0.2, 0.25) is 0 Å². The number of hydrogen-bond acceptors (Lipinski definition) is 3. The molecular formula is C16H23O3Sn. The van der Waals surface area contributed by atoms with Gasteiger partial charge in [-0.05, 0) is 10.8 Å². The van der Waals surface area contributed by atoms with Gasteiger partial charge in [0.2, 0.25) is 0 Å². The molecule has 4 heteroatoms. The average molecular weight is 382 g/mol. The van der Waals surface area contributed by atoms with Crippen LogP contribution in [-0.2, 0) is 9.22 Å². The number of rotatable bonds is 6. The summed E-state index contributed by atoms with van der Waals surface area (Å²) in [4.78, 5) is 0. The van der Waals surface area contributed by atoms with Crippen LogP contribution in [0.1, 0.15) is 20.8 Å². The Labute approximate surface area is 130 Å². The summed E-state index contributed by atoms with van der Waals surface area (Å²) >= 11 is -2.26. The molecule has 0 saturated heterocycles. The van der Waals surface area contributed by atoms with Gasteiger partial charge in [-0.25, -0.2) is 0 Å². The van der Waals surface area contributed by atoms with E-state index in [4.69, 9.17) is 9.22 Å². The van der Waals surface area contributed by atoms with Crippen LogP contribution in [0, 0.1) is 0 Å². The van der Waals surface area contributed by atoms with E-state index in [0.29, 0.717) is 19.8 Å². The van der Waals surface area contributed by atoms with Crippen molar-refractivity contribution in [3.05, 3.63) is 48.5 Å². The van der Waals surface area contributed by atoms with Gasteiger partial charge in [-0.2, -0.15) is 0 Å². The third-order valence-electron chi connectivity index (χ3n) is 2.45. The van der Waals surface area contributed by atoms with Gasteiger partial charge in [0.15, 0.2) is 0 Å². The molecule has 0 aliphatic carbocycles. The zero-order valence-electron chi connectivity index (χ0n) is 12.5. The first kappa shape index (κ1) is 17.4. The van der Waals surface area contributed by atoms with Crippen molar-refractivity contribution in [1.29, 1.82) is 0 Å². The molecule has 2 rings (SSSR count). The van der Waals surface area contributed by atoms with E-state index in [1.807, 2.05) is 20.8 Å². The summed E-state index contributed by atoms with van der Waals surface area (Å²) in [6.45, 7) is 7.98. The fourth-order valence-corrected chi connectivity index (χ4v) is 4.34. The Morgan fingerprint density at radius 2 is 0.950 bits per heavy atom. The zero-order valence-corrected chi connectivity index (χ0v) is 15.3. The van der Waals surface area contributed by atoms with Gasteiger partial charge in [0.1, 0.15) is 0 Å². The number of benzene rings is 2. The summed E-state index contributed by atoms with van der Waals surface area (Å²) in [7, 11) is 0. The van der Waals surface area contributed by atoms with Crippen molar-refractivity contribution in [3.63, 3.8) is 0 Å². The van der Waals surface area contributed by atoms with E-state index >= 15 is 0 Å². The molecule has 0 spiro atoms. The second-order valence-corrected chi connectivity index (χ2v) is 7.79. The molecule has 0 aliphatic rings. The maximum atomic E-state index is 5.28. The summed E-state index contributed by atoms with van der Waals surface area (Å²) < 4.78 is 15.8. The smallest absolute Gasteiger partial charge is 0.0184 e. The Hall–Kier alpha value is -0.621. The van der Waals surface area contributed by atoms with Crippen LogP contribution in [0.15, 0.2) is 48.5 Å². The van der Waals surface area contributed by atoms with Crippen molar-refractivity contribution in [2.24, 2.45) is 0 Å². The standard InChI is InChI=1S/C10H8.3C2H5O.Sn/c1-2-6-10-8-4-3-7-9(10)5-1;3*1-2-3;/h1-8H;3*2H2,1H3;/q;3*-1;+3. The van der Waals surface area contributed by atoms with Gasteiger partial charge in [0, 0.05) is 0 Å². The Bertz CT molecular complexity index is 396. The van der Waals surface area contributed by atoms with Crippen LogP contribution in [0.4, 0.5) is 0 Å². The van der Waals surface area contributed by atoms with E-state index in [9.17, 15) is 0 Å². The van der Waals surface area contributed by atoms with Crippen LogP contribution in [0.3, 0.4) is 0 Å². The molecule has 0 atom stereocenters. The predicted molar refractivity (Wildman–Crippen MR) is 84.6 cm³/mol. The zero-order chi connectivity index (χ0) is 14.6. The molecule has 0 amide bonds. The summed E-state index contributed by atoms with van der Waals surface area (Å²) in [5.41, 5.74) is 0. The Morgan fingerprint density at radius 3 is 1.20 bits per heavy atom. The van der Waals surface area contributed by atoms with Gasteiger partial charge in [0.25, 0.3) is 0 Å². The van der Waals surface area contributed by atoms with Crippen molar-refractivity contribution in [2.75, 3.05) is 19.8 Å². The SMILES string of the molecule is CC[O][Sn]([O]CC)[O]CC.c1ccc2ccccc2c1. The molecule has 0 aliphatic heterocycles. The van der Waals surface area contributed by atoms with E-state index in [1.54, 1.807) is 0 Å². The topological polar surface area (TPSA) is 27.7 Å². The molecule has 0 N–H and O–H groups in total. The van der Waals surface area contributed by atoms with E-state index in [0.717, 1.165) is 0 Å². The minimum atomic E-state index is -2.26. The summed E-state index contributed by atoms with van der Waals surface area (Å²) in [6, 6.07) is 16.7. The van der Waals surface area contributed by atoms with Gasteiger partial charge in [-0.3, -0.25) is 0 Å². The van der Waals surface area contributed by atoms with Crippen LogP contribution in [-0.4, -0.2) is 40.8 Å². The van der Waals surface area contributed by atoms with Crippen LogP contribution < -0.4 is 0 Å². The summed E-state index contributed by atoms with van der Waals surface area (Å²) in [5.74, 6) is 0. The molecule has 1 radical (unpaired) electrons. The minimum Gasteiger partial charge on any atom is -0.0616 e. The Balaban J connectivity index is 0.000000200. The van der Waals surface area contributed by atoms with Crippen LogP contribution in [0.5, 0.6) is 0 Å². The van der Waals surface area contributed by atoms with E-state index < -0.39 is 21.0 Å². The van der Waals surface area contributed by atoms with Crippen LogP contribution >= 0.6 is 0 Å². The molecule has 0 aromatic heterocycles. The average Bonchev–Trinajstić information content (AvgIpc) is 2.49. The largest absolute Gasteiger partial charge is 0.0616 e. The molecule has 2 aromatic carbocycles. The molecule has 0 saturated carbocycles. The first-order valence-electron chi connectivity index (χ1n) is 7.00. The van der Waals surface area contributed by atoms with Crippen molar-refractivity contribution < 1.29 is 9.22 Å². The van der Waals surface area contributed by atoms with Crippen molar-refractivity contribution in [3.8, 4) is 0 Å². The van der Waals surface area contributed by atoms with Gasteiger partial charge < -0.3 is 0 Å². The van der Waals surface area contributed by atoms with Gasteiger partial charge in [-0.15, -0.1) is 0 Å². The fraction of sp³-hybridized carbons (Fsp3) is 0.375. The predicted octanol–water partition coefficient (Wildman–Crippen LogP) is 3.92. The molecule has 0 fully saturated rings. The molecule has 109 valence electrons. The minimum absolute atomic E-state index is 0.703.